The second-order valence-electron chi connectivity index (χ2n) is 5.45. The van der Waals surface area contributed by atoms with Crippen molar-refractivity contribution in [3.05, 3.63) is 65.2 Å². The highest BCUT2D eigenvalue weighted by molar-refractivity contribution is 5.97. The lowest BCUT2D eigenvalue weighted by Crippen LogP contribution is -2.07. The fourth-order valence-electron chi connectivity index (χ4n) is 2.69. The summed E-state index contributed by atoms with van der Waals surface area (Å²) in [5.74, 6) is -0.462. The molecule has 25 heavy (non-hydrogen) atoms. The first kappa shape index (κ1) is 16.8. The van der Waals surface area contributed by atoms with Gasteiger partial charge in [-0.1, -0.05) is 20.3 Å². The molecule has 0 bridgehead atoms. The number of rotatable bonds is 6. The van der Waals surface area contributed by atoms with Crippen LogP contribution < -0.4 is 0 Å². The molecule has 3 rings (SSSR count). The monoisotopic (exact) mass is 342 g/mol. The molecule has 0 N–H and O–H groups in total. The minimum atomic E-state index is -0.695. The number of esters is 2. The van der Waals surface area contributed by atoms with Crippen LogP contribution in [0.4, 0.5) is 0 Å². The van der Waals surface area contributed by atoms with Crippen LogP contribution in [0.1, 0.15) is 49.4 Å². The summed E-state index contributed by atoms with van der Waals surface area (Å²) in [6.07, 6.45) is 4.81. The molecule has 1 aliphatic rings. The minimum absolute atomic E-state index is 0.0461. The lowest BCUT2D eigenvalue weighted by atomic mass is 10.0. The van der Waals surface area contributed by atoms with Crippen molar-refractivity contribution in [2.45, 2.75) is 33.1 Å². The number of carbonyl (C=O) groups excluding carboxylic acids is 2. The lowest BCUT2D eigenvalue weighted by molar-refractivity contribution is -0.133. The predicted molar refractivity (Wildman–Crippen MR) is 88.1 cm³/mol. The van der Waals surface area contributed by atoms with Gasteiger partial charge in [0.25, 0.3) is 0 Å². The van der Waals surface area contributed by atoms with E-state index >= 15 is 0 Å². The number of allylic oxidation sites excluding steroid dienone is 1. The van der Waals surface area contributed by atoms with Gasteiger partial charge in [0.05, 0.1) is 12.5 Å². The van der Waals surface area contributed by atoms with Gasteiger partial charge in [-0.3, -0.25) is 0 Å². The lowest BCUT2D eigenvalue weighted by Gasteiger charge is -2.10. The van der Waals surface area contributed by atoms with E-state index in [1.54, 1.807) is 18.2 Å². The van der Waals surface area contributed by atoms with Crippen molar-refractivity contribution in [2.24, 2.45) is 0 Å². The van der Waals surface area contributed by atoms with Gasteiger partial charge in [0.2, 0.25) is 11.5 Å². The average Bonchev–Trinajstić information content (AvgIpc) is 3.35. The molecule has 0 radical (unpaired) electrons. The van der Waals surface area contributed by atoms with E-state index in [9.17, 15) is 9.59 Å². The molecule has 0 amide bonds. The van der Waals surface area contributed by atoms with E-state index in [1.807, 2.05) is 13.8 Å². The third kappa shape index (κ3) is 3.28. The second kappa shape index (κ2) is 7.25. The standard InChI is InChI=1S/C19H18O6/c1-3-7-13-12(4-2)16(24-18(13)20)17(14-8-5-10-22-14)25-19(21)15-9-6-11-23-15/h5-6,8-11H,3-4,7H2,1-2H3/b17-16+. The summed E-state index contributed by atoms with van der Waals surface area (Å²) in [4.78, 5) is 24.5. The second-order valence-corrected chi connectivity index (χ2v) is 5.45. The minimum Gasteiger partial charge on any atom is -0.461 e. The molecule has 3 heterocycles. The zero-order valence-electron chi connectivity index (χ0n) is 14.0. The summed E-state index contributed by atoms with van der Waals surface area (Å²) in [6, 6.07) is 6.38. The predicted octanol–water partition coefficient (Wildman–Crippen LogP) is 4.46. The molecule has 2 aromatic rings. The fourth-order valence-corrected chi connectivity index (χ4v) is 2.69. The highest BCUT2D eigenvalue weighted by atomic mass is 16.6. The molecule has 0 spiro atoms. The summed E-state index contributed by atoms with van der Waals surface area (Å²) in [5, 5.41) is 0. The smallest absolute Gasteiger partial charge is 0.379 e. The van der Waals surface area contributed by atoms with E-state index in [2.05, 4.69) is 0 Å². The molecule has 2 aromatic heterocycles. The maximum atomic E-state index is 12.3. The number of furan rings is 2. The first-order valence-corrected chi connectivity index (χ1v) is 8.14. The fraction of sp³-hybridized carbons (Fsp3) is 0.263. The third-order valence-electron chi connectivity index (χ3n) is 3.80. The van der Waals surface area contributed by atoms with E-state index in [-0.39, 0.29) is 17.3 Å². The topological polar surface area (TPSA) is 78.9 Å². The Hall–Kier alpha value is -3.02. The van der Waals surface area contributed by atoms with Crippen molar-refractivity contribution >= 4 is 17.7 Å². The van der Waals surface area contributed by atoms with Gasteiger partial charge in [-0.05, 0) is 37.1 Å². The molecule has 0 aromatic carbocycles. The van der Waals surface area contributed by atoms with Crippen LogP contribution in [0, 0.1) is 0 Å². The normalized spacial score (nSPS) is 16.2. The van der Waals surface area contributed by atoms with Crippen molar-refractivity contribution in [2.75, 3.05) is 0 Å². The van der Waals surface area contributed by atoms with Crippen LogP contribution >= 0.6 is 0 Å². The van der Waals surface area contributed by atoms with E-state index in [0.717, 1.165) is 12.0 Å². The first-order chi connectivity index (χ1) is 12.2. The maximum Gasteiger partial charge on any atom is 0.379 e. The van der Waals surface area contributed by atoms with Crippen LogP contribution in [0.5, 0.6) is 0 Å². The van der Waals surface area contributed by atoms with Gasteiger partial charge in [0.15, 0.2) is 11.5 Å². The molecule has 0 saturated heterocycles. The average molecular weight is 342 g/mol. The summed E-state index contributed by atoms with van der Waals surface area (Å²) >= 11 is 0. The Morgan fingerprint density at radius 2 is 1.72 bits per heavy atom. The Balaban J connectivity index is 2.06. The molecule has 0 unspecified atom stereocenters. The summed E-state index contributed by atoms with van der Waals surface area (Å²) in [6.45, 7) is 3.90. The number of hydrogen-bond donors (Lipinski definition) is 0. The molecule has 6 heteroatoms. The van der Waals surface area contributed by atoms with Crippen LogP contribution in [0.2, 0.25) is 0 Å². The van der Waals surface area contributed by atoms with E-state index < -0.39 is 11.9 Å². The van der Waals surface area contributed by atoms with Gasteiger partial charge < -0.3 is 18.3 Å². The molecule has 1 aliphatic heterocycles. The Morgan fingerprint density at radius 3 is 2.28 bits per heavy atom. The number of carbonyl (C=O) groups is 2. The third-order valence-corrected chi connectivity index (χ3v) is 3.80. The van der Waals surface area contributed by atoms with Gasteiger partial charge in [-0.25, -0.2) is 9.59 Å². The SMILES string of the molecule is CCCC1=C(CC)/C(=C(\OC(=O)c2ccco2)c2ccco2)OC1=O. The van der Waals surface area contributed by atoms with Gasteiger partial charge in [0.1, 0.15) is 0 Å². The largest absolute Gasteiger partial charge is 0.461 e. The van der Waals surface area contributed by atoms with Crippen molar-refractivity contribution in [1.82, 2.24) is 0 Å². The van der Waals surface area contributed by atoms with E-state index in [1.165, 1.54) is 18.6 Å². The van der Waals surface area contributed by atoms with Crippen molar-refractivity contribution in [3.63, 3.8) is 0 Å². The number of cyclic esters (lactones) is 1. The quantitative estimate of drug-likeness (QED) is 0.569. The summed E-state index contributed by atoms with van der Waals surface area (Å²) < 4.78 is 21.3. The van der Waals surface area contributed by atoms with Crippen LogP contribution in [0.15, 0.2) is 62.5 Å². The molecular weight excluding hydrogens is 324 g/mol. The first-order valence-electron chi connectivity index (χ1n) is 8.14. The van der Waals surface area contributed by atoms with Crippen molar-refractivity contribution in [1.29, 1.82) is 0 Å². The molecule has 6 nitrogen and oxygen atoms in total. The Morgan fingerprint density at radius 1 is 1.04 bits per heavy atom. The van der Waals surface area contributed by atoms with Crippen molar-refractivity contribution < 1.29 is 27.9 Å². The Labute approximate surface area is 144 Å². The molecule has 0 aliphatic carbocycles. The number of hydrogen-bond acceptors (Lipinski definition) is 6. The molecule has 130 valence electrons. The highest BCUT2D eigenvalue weighted by Crippen LogP contribution is 2.37. The Kier molecular flexibility index (Phi) is 4.88. The van der Waals surface area contributed by atoms with Crippen LogP contribution in [-0.4, -0.2) is 11.9 Å². The zero-order chi connectivity index (χ0) is 17.8. The van der Waals surface area contributed by atoms with Crippen LogP contribution in [0.25, 0.3) is 5.76 Å². The molecule has 0 atom stereocenters. The van der Waals surface area contributed by atoms with Crippen molar-refractivity contribution in [3.8, 4) is 0 Å². The van der Waals surface area contributed by atoms with Crippen LogP contribution in [-0.2, 0) is 14.3 Å². The van der Waals surface area contributed by atoms with E-state index in [4.69, 9.17) is 18.3 Å². The highest BCUT2D eigenvalue weighted by Gasteiger charge is 2.33. The van der Waals surface area contributed by atoms with Crippen LogP contribution in [0.3, 0.4) is 0 Å². The Bertz CT molecular complexity index is 821. The van der Waals surface area contributed by atoms with Gasteiger partial charge in [0, 0.05) is 11.1 Å². The molecule has 0 saturated carbocycles. The van der Waals surface area contributed by atoms with Gasteiger partial charge in [-0.2, -0.15) is 0 Å². The zero-order valence-corrected chi connectivity index (χ0v) is 14.0. The molecule has 0 fully saturated rings. The van der Waals surface area contributed by atoms with Gasteiger partial charge >= 0.3 is 11.9 Å². The summed E-state index contributed by atoms with van der Waals surface area (Å²) in [5.41, 5.74) is 1.34. The van der Waals surface area contributed by atoms with Gasteiger partial charge in [-0.15, -0.1) is 0 Å². The molecular formula is C19H18O6. The maximum absolute atomic E-state index is 12.3. The number of ether oxygens (including phenoxy) is 2. The van der Waals surface area contributed by atoms with E-state index in [0.29, 0.717) is 24.2 Å². The summed E-state index contributed by atoms with van der Waals surface area (Å²) in [7, 11) is 0.